The van der Waals surface area contributed by atoms with Crippen molar-refractivity contribution in [1.82, 2.24) is 9.30 Å². The Labute approximate surface area is 181 Å². The largest absolute Gasteiger partial charge is 0.339 e. The molecule has 2 aromatic carbocycles. The van der Waals surface area contributed by atoms with Gasteiger partial charge >= 0.3 is 0 Å². The van der Waals surface area contributed by atoms with Crippen LogP contribution in [0.25, 0.3) is 27.9 Å². The fraction of sp³-hybridized carbons (Fsp3) is 0.120. The van der Waals surface area contributed by atoms with E-state index in [1.165, 1.54) is 30.5 Å². The number of carbonyl (C=O) groups is 1. The van der Waals surface area contributed by atoms with E-state index < -0.39 is 22.9 Å². The van der Waals surface area contributed by atoms with Crippen molar-refractivity contribution in [1.29, 1.82) is 0 Å². The van der Waals surface area contributed by atoms with E-state index in [0.717, 1.165) is 24.6 Å². The third-order valence-corrected chi connectivity index (χ3v) is 5.74. The normalized spacial score (nSPS) is 13.3. The zero-order valence-electron chi connectivity index (χ0n) is 16.8. The zero-order valence-corrected chi connectivity index (χ0v) is 16.8. The van der Waals surface area contributed by atoms with Crippen molar-refractivity contribution >= 4 is 11.4 Å². The number of hydrogen-bond acceptors (Lipinski definition) is 2. The van der Waals surface area contributed by atoms with Crippen LogP contribution in [0.2, 0.25) is 0 Å². The highest BCUT2D eigenvalue weighted by Crippen LogP contribution is 2.30. The second kappa shape index (κ2) is 7.67. The zero-order chi connectivity index (χ0) is 22.4. The summed E-state index contributed by atoms with van der Waals surface area (Å²) in [5.41, 5.74) is 0.832. The second-order valence-corrected chi connectivity index (χ2v) is 7.69. The maximum atomic E-state index is 15.1. The van der Waals surface area contributed by atoms with E-state index in [1.807, 2.05) is 0 Å². The molecule has 0 bridgehead atoms. The Hall–Kier alpha value is -3.87. The molecule has 1 fully saturated rings. The van der Waals surface area contributed by atoms with Gasteiger partial charge < -0.3 is 9.30 Å². The van der Waals surface area contributed by atoms with Gasteiger partial charge in [0.05, 0.1) is 16.8 Å². The maximum absolute atomic E-state index is 15.1. The molecule has 1 aliphatic rings. The van der Waals surface area contributed by atoms with Gasteiger partial charge in [-0.05, 0) is 42.8 Å². The molecule has 1 saturated heterocycles. The van der Waals surface area contributed by atoms with Crippen LogP contribution in [-0.4, -0.2) is 28.3 Å². The molecule has 0 unspecified atom stereocenters. The Morgan fingerprint density at radius 2 is 1.59 bits per heavy atom. The summed E-state index contributed by atoms with van der Waals surface area (Å²) in [5.74, 6) is -2.39. The molecule has 2 aromatic heterocycles. The van der Waals surface area contributed by atoms with Crippen molar-refractivity contribution < 1.29 is 18.0 Å². The van der Waals surface area contributed by atoms with Gasteiger partial charge in [0.25, 0.3) is 5.91 Å². The van der Waals surface area contributed by atoms with Gasteiger partial charge in [-0.25, -0.2) is 13.2 Å². The van der Waals surface area contributed by atoms with E-state index in [-0.39, 0.29) is 28.2 Å². The fourth-order valence-electron chi connectivity index (χ4n) is 3.98. The Morgan fingerprint density at radius 1 is 0.844 bits per heavy atom. The topological polar surface area (TPSA) is 41.8 Å². The Kier molecular flexibility index (Phi) is 4.81. The van der Waals surface area contributed by atoms with Crippen LogP contribution in [0.4, 0.5) is 13.2 Å². The summed E-state index contributed by atoms with van der Waals surface area (Å²) in [7, 11) is 0. The smallest absolute Gasteiger partial charge is 0.253 e. The molecule has 7 heteroatoms. The van der Waals surface area contributed by atoms with Crippen LogP contribution in [0.1, 0.15) is 16.8 Å². The minimum atomic E-state index is -0.752. The van der Waals surface area contributed by atoms with Crippen LogP contribution in [-0.2, 0) is 0 Å². The SMILES string of the molecule is O=C(c1ccc(-c2c(=O)ccn3c(-c4ccc(F)cc4F)cccc23)c(F)c1)N1CCC1. The summed E-state index contributed by atoms with van der Waals surface area (Å²) in [4.78, 5) is 26.8. The summed E-state index contributed by atoms with van der Waals surface area (Å²) >= 11 is 0. The predicted octanol–water partition coefficient (Wildman–Crippen LogP) is 4.90. The molecule has 0 aliphatic carbocycles. The molecule has 0 atom stereocenters. The molecule has 0 spiro atoms. The quantitative estimate of drug-likeness (QED) is 0.461. The van der Waals surface area contributed by atoms with Crippen LogP contribution < -0.4 is 5.43 Å². The number of halogens is 3. The number of nitrogens with zero attached hydrogens (tertiary/aromatic N) is 2. The Morgan fingerprint density at radius 3 is 2.28 bits per heavy atom. The number of pyridine rings is 2. The molecule has 160 valence electrons. The van der Waals surface area contributed by atoms with Crippen LogP contribution in [0, 0.1) is 17.5 Å². The summed E-state index contributed by atoms with van der Waals surface area (Å²) in [6.45, 7) is 1.30. The monoisotopic (exact) mass is 434 g/mol. The van der Waals surface area contributed by atoms with Crippen LogP contribution in [0.3, 0.4) is 0 Å². The molecule has 0 N–H and O–H groups in total. The molecule has 32 heavy (non-hydrogen) atoms. The van der Waals surface area contributed by atoms with E-state index in [9.17, 15) is 18.4 Å². The molecule has 4 nitrogen and oxygen atoms in total. The molecule has 4 aromatic rings. The molecule has 0 saturated carbocycles. The lowest BCUT2D eigenvalue weighted by Crippen LogP contribution is -2.42. The highest BCUT2D eigenvalue weighted by molar-refractivity contribution is 5.95. The lowest BCUT2D eigenvalue weighted by molar-refractivity contribution is 0.0651. The number of hydrogen-bond donors (Lipinski definition) is 0. The third-order valence-electron chi connectivity index (χ3n) is 5.74. The van der Waals surface area contributed by atoms with E-state index in [4.69, 9.17) is 0 Å². The molecule has 1 aliphatic heterocycles. The van der Waals surface area contributed by atoms with Crippen LogP contribution in [0.5, 0.6) is 0 Å². The molecule has 3 heterocycles. The first-order valence-corrected chi connectivity index (χ1v) is 10.1. The number of carbonyl (C=O) groups excluding carboxylic acids is 1. The van der Waals surface area contributed by atoms with Gasteiger partial charge in [0, 0.05) is 48.1 Å². The standard InChI is InChI=1S/C25H17F3N2O2/c26-16-6-8-17(20(28)14-16)21-3-1-4-22-24(23(31)9-12-30(21)22)18-7-5-15(13-19(18)27)25(32)29-10-2-11-29/h1,3-9,12-14H,2,10-11H2. The van der Waals surface area contributed by atoms with Gasteiger partial charge in [-0.2, -0.15) is 0 Å². The van der Waals surface area contributed by atoms with Crippen molar-refractivity contribution in [3.8, 4) is 22.4 Å². The van der Waals surface area contributed by atoms with Crippen molar-refractivity contribution in [3.63, 3.8) is 0 Å². The van der Waals surface area contributed by atoms with E-state index in [0.29, 0.717) is 24.3 Å². The van der Waals surface area contributed by atoms with Crippen molar-refractivity contribution in [2.45, 2.75) is 6.42 Å². The van der Waals surface area contributed by atoms with E-state index in [2.05, 4.69) is 0 Å². The second-order valence-electron chi connectivity index (χ2n) is 7.69. The van der Waals surface area contributed by atoms with Gasteiger partial charge in [-0.3, -0.25) is 9.59 Å². The summed E-state index contributed by atoms with van der Waals surface area (Å²) in [5, 5.41) is 0. The number of likely N-dealkylation sites (tertiary alicyclic amines) is 1. The van der Waals surface area contributed by atoms with Gasteiger partial charge in [-0.1, -0.05) is 12.1 Å². The minimum absolute atomic E-state index is 0.0463. The molecular formula is C25H17F3N2O2. The van der Waals surface area contributed by atoms with Crippen LogP contribution >= 0.6 is 0 Å². The molecule has 0 radical (unpaired) electrons. The highest BCUT2D eigenvalue weighted by Gasteiger charge is 2.23. The summed E-state index contributed by atoms with van der Waals surface area (Å²) in [6.07, 6.45) is 2.40. The Bertz CT molecular complexity index is 1440. The number of fused-ring (bicyclic) bond motifs is 1. The average molecular weight is 434 g/mol. The van der Waals surface area contributed by atoms with Crippen molar-refractivity contribution in [2.24, 2.45) is 0 Å². The van der Waals surface area contributed by atoms with Crippen molar-refractivity contribution in [2.75, 3.05) is 13.1 Å². The maximum Gasteiger partial charge on any atom is 0.253 e. The lowest BCUT2D eigenvalue weighted by atomic mass is 10.00. The molecule has 5 rings (SSSR count). The Balaban J connectivity index is 1.67. The summed E-state index contributed by atoms with van der Waals surface area (Å²) in [6, 6.07) is 13.5. The van der Waals surface area contributed by atoms with E-state index in [1.54, 1.807) is 27.5 Å². The first-order valence-electron chi connectivity index (χ1n) is 10.1. The van der Waals surface area contributed by atoms with Gasteiger partial charge in [0.15, 0.2) is 5.43 Å². The van der Waals surface area contributed by atoms with Gasteiger partial charge in [0.2, 0.25) is 0 Å². The fourth-order valence-corrected chi connectivity index (χ4v) is 3.98. The lowest BCUT2D eigenvalue weighted by Gasteiger charge is -2.31. The number of benzene rings is 2. The molecule has 1 amide bonds. The van der Waals surface area contributed by atoms with Gasteiger partial charge in [0.1, 0.15) is 17.5 Å². The van der Waals surface area contributed by atoms with Crippen LogP contribution in [0.15, 0.2) is 71.7 Å². The minimum Gasteiger partial charge on any atom is -0.339 e. The van der Waals surface area contributed by atoms with Crippen molar-refractivity contribution in [3.05, 3.63) is 100 Å². The third kappa shape index (κ3) is 3.26. The summed E-state index contributed by atoms with van der Waals surface area (Å²) < 4.78 is 44.5. The van der Waals surface area contributed by atoms with E-state index >= 15 is 4.39 Å². The number of rotatable bonds is 3. The average Bonchev–Trinajstić information content (AvgIpc) is 2.72. The first-order chi connectivity index (χ1) is 15.4. The first kappa shape index (κ1) is 20.1. The molecular weight excluding hydrogens is 417 g/mol. The highest BCUT2D eigenvalue weighted by atomic mass is 19.1. The number of amides is 1. The number of aromatic nitrogens is 1. The van der Waals surface area contributed by atoms with Gasteiger partial charge in [-0.15, -0.1) is 0 Å². The predicted molar refractivity (Wildman–Crippen MR) is 115 cm³/mol.